The molecule has 0 radical (unpaired) electrons. The van der Waals surface area contributed by atoms with Crippen molar-refractivity contribution in [3.05, 3.63) is 35.4 Å². The van der Waals surface area contributed by atoms with E-state index < -0.39 is 11.4 Å². The monoisotopic (exact) mass is 246 g/mol. The van der Waals surface area contributed by atoms with Gasteiger partial charge in [-0.3, -0.25) is 4.79 Å². The van der Waals surface area contributed by atoms with Gasteiger partial charge in [-0.1, -0.05) is 24.3 Å². The molecule has 0 heterocycles. The van der Waals surface area contributed by atoms with E-state index in [0.717, 1.165) is 37.7 Å². The third-order valence-electron chi connectivity index (χ3n) is 4.41. The molecule has 0 atom stereocenters. The molecule has 2 aliphatic rings. The Bertz CT molecular complexity index is 484. The first kappa shape index (κ1) is 11.7. The van der Waals surface area contributed by atoms with Crippen LogP contribution in [0, 0.1) is 0 Å². The molecule has 96 valence electrons. The molecular weight excluding hydrogens is 228 g/mol. The second-order valence-corrected chi connectivity index (χ2v) is 5.65. The number of carboxylic acid groups (broad SMARTS) is 1. The normalized spacial score (nSPS) is 22.5. The number of carbonyl (C=O) groups is 1. The van der Waals surface area contributed by atoms with Crippen molar-refractivity contribution in [1.29, 1.82) is 0 Å². The van der Waals surface area contributed by atoms with Crippen LogP contribution in [0.5, 0.6) is 0 Å². The molecule has 2 saturated carbocycles. The van der Waals surface area contributed by atoms with Crippen molar-refractivity contribution in [1.82, 2.24) is 0 Å². The predicted octanol–water partition coefficient (Wildman–Crippen LogP) is 2.52. The Morgan fingerprint density at radius 2 is 2.06 bits per heavy atom. The van der Waals surface area contributed by atoms with Gasteiger partial charge in [0.2, 0.25) is 0 Å². The van der Waals surface area contributed by atoms with Crippen molar-refractivity contribution in [2.24, 2.45) is 0 Å². The summed E-state index contributed by atoms with van der Waals surface area (Å²) in [4.78, 5) is 11.3. The van der Waals surface area contributed by atoms with Gasteiger partial charge in [0.1, 0.15) is 0 Å². The summed E-state index contributed by atoms with van der Waals surface area (Å²) in [6, 6.07) is 8.04. The highest BCUT2D eigenvalue weighted by atomic mass is 16.5. The zero-order valence-electron chi connectivity index (χ0n) is 10.6. The summed E-state index contributed by atoms with van der Waals surface area (Å²) in [7, 11) is 1.76. The largest absolute Gasteiger partial charge is 0.481 e. The van der Waals surface area contributed by atoms with Crippen molar-refractivity contribution < 1.29 is 14.6 Å². The number of methoxy groups -OCH3 is 1. The SMILES string of the molecule is COC1(Cc2cccc(C3(C(=O)O)CC3)c2)CC1. The van der Waals surface area contributed by atoms with E-state index in [-0.39, 0.29) is 5.60 Å². The molecule has 18 heavy (non-hydrogen) atoms. The number of hydrogen-bond acceptors (Lipinski definition) is 2. The molecule has 3 heteroatoms. The Balaban J connectivity index is 1.84. The molecule has 0 aliphatic heterocycles. The molecule has 3 nitrogen and oxygen atoms in total. The molecule has 0 saturated heterocycles. The molecule has 2 aliphatic carbocycles. The van der Waals surface area contributed by atoms with E-state index in [2.05, 4.69) is 12.1 Å². The molecule has 1 aromatic rings. The molecule has 1 aromatic carbocycles. The van der Waals surface area contributed by atoms with Gasteiger partial charge in [0.15, 0.2) is 0 Å². The number of hydrogen-bond donors (Lipinski definition) is 1. The van der Waals surface area contributed by atoms with Gasteiger partial charge < -0.3 is 9.84 Å². The predicted molar refractivity (Wildman–Crippen MR) is 67.7 cm³/mol. The van der Waals surface area contributed by atoms with Crippen LogP contribution in [0.15, 0.2) is 24.3 Å². The van der Waals surface area contributed by atoms with Crippen LogP contribution < -0.4 is 0 Å². The molecule has 1 N–H and O–H groups in total. The van der Waals surface area contributed by atoms with Crippen molar-refractivity contribution in [2.75, 3.05) is 7.11 Å². The third kappa shape index (κ3) is 1.83. The van der Waals surface area contributed by atoms with Gasteiger partial charge in [-0.05, 0) is 36.8 Å². The summed E-state index contributed by atoms with van der Waals surface area (Å²) >= 11 is 0. The summed E-state index contributed by atoms with van der Waals surface area (Å²) in [5, 5.41) is 9.31. The van der Waals surface area contributed by atoms with E-state index in [0.29, 0.717) is 0 Å². The molecular formula is C15H18O3. The lowest BCUT2D eigenvalue weighted by molar-refractivity contribution is -0.140. The van der Waals surface area contributed by atoms with Gasteiger partial charge >= 0.3 is 5.97 Å². The molecule has 0 spiro atoms. The molecule has 0 amide bonds. The van der Waals surface area contributed by atoms with E-state index in [1.165, 1.54) is 5.56 Å². The van der Waals surface area contributed by atoms with Crippen molar-refractivity contribution in [2.45, 2.75) is 43.1 Å². The number of carboxylic acids is 1. The second kappa shape index (κ2) is 3.82. The Labute approximate surface area is 107 Å². The Hall–Kier alpha value is -1.35. The van der Waals surface area contributed by atoms with E-state index in [9.17, 15) is 9.90 Å². The molecule has 0 aromatic heterocycles. The van der Waals surface area contributed by atoms with E-state index in [1.807, 2.05) is 12.1 Å². The smallest absolute Gasteiger partial charge is 0.314 e. The zero-order chi connectivity index (χ0) is 12.8. The Kier molecular flexibility index (Phi) is 2.49. The lowest BCUT2D eigenvalue weighted by Crippen LogP contribution is -2.20. The summed E-state index contributed by atoms with van der Waals surface area (Å²) < 4.78 is 5.52. The highest BCUT2D eigenvalue weighted by Gasteiger charge is 2.52. The highest BCUT2D eigenvalue weighted by molar-refractivity contribution is 5.84. The Morgan fingerprint density at radius 1 is 1.33 bits per heavy atom. The minimum Gasteiger partial charge on any atom is -0.481 e. The third-order valence-corrected chi connectivity index (χ3v) is 4.41. The quantitative estimate of drug-likeness (QED) is 0.868. The van der Waals surface area contributed by atoms with Crippen molar-refractivity contribution in [3.63, 3.8) is 0 Å². The highest BCUT2D eigenvalue weighted by Crippen LogP contribution is 2.49. The van der Waals surface area contributed by atoms with Gasteiger partial charge in [0.05, 0.1) is 11.0 Å². The van der Waals surface area contributed by atoms with E-state index in [4.69, 9.17) is 4.74 Å². The van der Waals surface area contributed by atoms with Crippen LogP contribution in [0.1, 0.15) is 36.8 Å². The number of rotatable bonds is 5. The van der Waals surface area contributed by atoms with Crippen LogP contribution in [0.4, 0.5) is 0 Å². The van der Waals surface area contributed by atoms with Gasteiger partial charge in [-0.15, -0.1) is 0 Å². The summed E-state index contributed by atoms with van der Waals surface area (Å²) in [6.45, 7) is 0. The fourth-order valence-corrected chi connectivity index (χ4v) is 2.69. The van der Waals surface area contributed by atoms with Crippen molar-refractivity contribution >= 4 is 5.97 Å². The van der Waals surface area contributed by atoms with E-state index in [1.54, 1.807) is 7.11 Å². The van der Waals surface area contributed by atoms with Gasteiger partial charge in [0.25, 0.3) is 0 Å². The number of aliphatic carboxylic acids is 1. The number of benzene rings is 1. The fraction of sp³-hybridized carbons (Fsp3) is 0.533. The first-order chi connectivity index (χ1) is 8.60. The maximum Gasteiger partial charge on any atom is 0.314 e. The van der Waals surface area contributed by atoms with Crippen LogP contribution in [0.3, 0.4) is 0 Å². The van der Waals surface area contributed by atoms with Crippen LogP contribution in [-0.2, 0) is 21.4 Å². The maximum atomic E-state index is 11.3. The van der Waals surface area contributed by atoms with Crippen molar-refractivity contribution in [3.8, 4) is 0 Å². The minimum absolute atomic E-state index is 0.0264. The Morgan fingerprint density at radius 3 is 2.56 bits per heavy atom. The molecule has 0 unspecified atom stereocenters. The first-order valence-electron chi connectivity index (χ1n) is 6.48. The lowest BCUT2D eigenvalue weighted by atomic mass is 9.93. The van der Waals surface area contributed by atoms with E-state index >= 15 is 0 Å². The zero-order valence-corrected chi connectivity index (χ0v) is 10.6. The maximum absolute atomic E-state index is 11.3. The first-order valence-corrected chi connectivity index (χ1v) is 6.48. The topological polar surface area (TPSA) is 46.5 Å². The fourth-order valence-electron chi connectivity index (χ4n) is 2.69. The standard InChI is InChI=1S/C15H18O3/c1-18-14(5-6-14)10-11-3-2-4-12(9-11)15(7-8-15)13(16)17/h2-4,9H,5-8,10H2,1H3,(H,16,17). The van der Waals surface area contributed by atoms with Crippen LogP contribution >= 0.6 is 0 Å². The lowest BCUT2D eigenvalue weighted by Gasteiger charge is -2.15. The average molecular weight is 246 g/mol. The molecule has 0 bridgehead atoms. The molecule has 2 fully saturated rings. The molecule has 3 rings (SSSR count). The van der Waals surface area contributed by atoms with Gasteiger partial charge in [-0.2, -0.15) is 0 Å². The summed E-state index contributed by atoms with van der Waals surface area (Å²) in [6.07, 6.45) is 4.64. The summed E-state index contributed by atoms with van der Waals surface area (Å²) in [5.41, 5.74) is 1.58. The minimum atomic E-state index is -0.687. The average Bonchev–Trinajstić information content (AvgIpc) is 3.25. The van der Waals surface area contributed by atoms with Gasteiger partial charge in [0, 0.05) is 13.5 Å². The van der Waals surface area contributed by atoms with Crippen LogP contribution in [0.25, 0.3) is 0 Å². The van der Waals surface area contributed by atoms with Gasteiger partial charge in [-0.25, -0.2) is 0 Å². The van der Waals surface area contributed by atoms with Crippen LogP contribution in [0.2, 0.25) is 0 Å². The number of ether oxygens (including phenoxy) is 1. The second-order valence-electron chi connectivity index (χ2n) is 5.65. The van der Waals surface area contributed by atoms with Crippen LogP contribution in [-0.4, -0.2) is 23.8 Å². The summed E-state index contributed by atoms with van der Waals surface area (Å²) in [5.74, 6) is -0.687.